The van der Waals surface area contributed by atoms with E-state index in [1.165, 1.54) is 6.26 Å². The van der Waals surface area contributed by atoms with Crippen LogP contribution in [0.1, 0.15) is 6.42 Å². The molecule has 0 radical (unpaired) electrons. The number of hydrogen-bond donors (Lipinski definition) is 9. The van der Waals surface area contributed by atoms with E-state index in [2.05, 4.69) is 0 Å². The Balaban J connectivity index is 1.41. The Morgan fingerprint density at radius 2 is 1.34 bits per heavy atom. The van der Waals surface area contributed by atoms with Gasteiger partial charge in [0, 0.05) is 18.4 Å². The molecule has 3 heterocycles. The molecule has 1 saturated carbocycles. The fourth-order valence-electron chi connectivity index (χ4n) is 5.17. The van der Waals surface area contributed by atoms with E-state index < -0.39 is 92.9 Å². The maximum Gasteiger partial charge on any atom is 0.205 e. The molecule has 0 spiro atoms. The summed E-state index contributed by atoms with van der Waals surface area (Å²) in [5, 5.41) is 90.3. The molecule has 202 valence electrons. The summed E-state index contributed by atoms with van der Waals surface area (Å²) in [6.07, 6.45) is -13.9. The number of fused-ring (bicyclic) bond motifs is 1. The molecule has 14 heteroatoms. The maximum absolute atomic E-state index is 10.4. The molecular formula is C21H34O14. The largest absolute Gasteiger partial charge is 0.472 e. The van der Waals surface area contributed by atoms with Gasteiger partial charge < -0.3 is 69.6 Å². The van der Waals surface area contributed by atoms with E-state index in [1.54, 1.807) is 6.08 Å². The molecular weight excluding hydrogens is 476 g/mol. The van der Waals surface area contributed by atoms with Crippen LogP contribution in [0.4, 0.5) is 0 Å². The number of aliphatic hydroxyl groups excluding tert-OH is 9. The molecule has 0 aromatic carbocycles. The van der Waals surface area contributed by atoms with Gasteiger partial charge in [0.05, 0.1) is 25.6 Å². The fraction of sp³-hybridized carbons (Fsp3) is 0.905. The molecule has 4 rings (SSSR count). The number of rotatable bonds is 7. The van der Waals surface area contributed by atoms with Crippen LogP contribution in [-0.2, 0) is 23.7 Å². The molecule has 0 aromatic rings. The summed E-state index contributed by atoms with van der Waals surface area (Å²) in [5.41, 5.74) is 0. The van der Waals surface area contributed by atoms with E-state index in [4.69, 9.17) is 23.7 Å². The van der Waals surface area contributed by atoms with Crippen molar-refractivity contribution in [2.24, 2.45) is 17.8 Å². The second kappa shape index (κ2) is 11.2. The van der Waals surface area contributed by atoms with Crippen LogP contribution < -0.4 is 0 Å². The highest BCUT2D eigenvalue weighted by Crippen LogP contribution is 2.44. The highest BCUT2D eigenvalue weighted by molar-refractivity contribution is 5.05. The van der Waals surface area contributed by atoms with E-state index in [0.29, 0.717) is 6.42 Å². The average Bonchev–Trinajstić information content (AvgIpc) is 3.19. The summed E-state index contributed by atoms with van der Waals surface area (Å²) in [5.74, 6) is -1.15. The normalized spacial score (nSPS) is 52.2. The van der Waals surface area contributed by atoms with Crippen molar-refractivity contribution in [3.8, 4) is 0 Å². The van der Waals surface area contributed by atoms with Gasteiger partial charge >= 0.3 is 0 Å². The smallest absolute Gasteiger partial charge is 0.205 e. The first-order valence-electron chi connectivity index (χ1n) is 11.6. The molecule has 9 N–H and O–H groups in total. The minimum atomic E-state index is -1.71. The van der Waals surface area contributed by atoms with Crippen LogP contribution in [0.25, 0.3) is 0 Å². The quantitative estimate of drug-likeness (QED) is 0.156. The molecule has 0 bridgehead atoms. The SMILES string of the molecule is OCC1CC(O)C2C=COC(OC3OC(COC4OC(CO)C(O)C(O)C4O)C(O)C(O)C3O)C12. The first kappa shape index (κ1) is 27.1. The van der Waals surface area contributed by atoms with E-state index in [9.17, 15) is 46.0 Å². The molecule has 15 unspecified atom stereocenters. The zero-order valence-corrected chi connectivity index (χ0v) is 18.7. The van der Waals surface area contributed by atoms with Crippen molar-refractivity contribution in [2.45, 2.75) is 80.2 Å². The molecule has 15 atom stereocenters. The van der Waals surface area contributed by atoms with Gasteiger partial charge in [-0.05, 0) is 18.4 Å². The molecule has 0 aromatic heterocycles. The third-order valence-corrected chi connectivity index (χ3v) is 7.25. The lowest BCUT2D eigenvalue weighted by Crippen LogP contribution is -2.62. The van der Waals surface area contributed by atoms with Gasteiger partial charge in [-0.2, -0.15) is 0 Å². The predicted octanol–water partition coefficient (Wildman–Crippen LogP) is -4.90. The number of aliphatic hydroxyl groups is 9. The van der Waals surface area contributed by atoms with E-state index in [0.717, 1.165) is 0 Å². The first-order chi connectivity index (χ1) is 16.7. The summed E-state index contributed by atoms with van der Waals surface area (Å²) in [4.78, 5) is 0. The summed E-state index contributed by atoms with van der Waals surface area (Å²) in [6.45, 7) is -1.38. The van der Waals surface area contributed by atoms with Crippen LogP contribution in [0, 0.1) is 17.8 Å². The average molecular weight is 510 g/mol. The van der Waals surface area contributed by atoms with Gasteiger partial charge in [-0.1, -0.05) is 0 Å². The summed E-state index contributed by atoms with van der Waals surface area (Å²) in [7, 11) is 0. The van der Waals surface area contributed by atoms with E-state index in [1.807, 2.05) is 0 Å². The van der Waals surface area contributed by atoms with Crippen molar-refractivity contribution >= 4 is 0 Å². The molecule has 0 amide bonds. The highest BCUT2D eigenvalue weighted by atomic mass is 16.8. The Morgan fingerprint density at radius 3 is 2.00 bits per heavy atom. The lowest BCUT2D eigenvalue weighted by atomic mass is 9.87. The molecule has 1 aliphatic carbocycles. The lowest BCUT2D eigenvalue weighted by molar-refractivity contribution is -0.354. The highest BCUT2D eigenvalue weighted by Gasteiger charge is 2.52. The van der Waals surface area contributed by atoms with Gasteiger partial charge in [-0.15, -0.1) is 0 Å². The van der Waals surface area contributed by atoms with Gasteiger partial charge in [-0.3, -0.25) is 0 Å². The van der Waals surface area contributed by atoms with Crippen LogP contribution in [0.2, 0.25) is 0 Å². The predicted molar refractivity (Wildman–Crippen MR) is 110 cm³/mol. The van der Waals surface area contributed by atoms with Gasteiger partial charge in [0.2, 0.25) is 6.29 Å². The first-order valence-corrected chi connectivity index (χ1v) is 11.6. The summed E-state index contributed by atoms with van der Waals surface area (Å²) >= 11 is 0. The standard InChI is InChI=1S/C21H34O14/c22-4-7-3-9(24)8-1-2-31-19(12(7)8)35-21-18(30)16(28)14(26)11(34-21)6-32-20-17(29)15(27)13(25)10(5-23)33-20/h1-2,7-30H,3-6H2. The van der Waals surface area contributed by atoms with E-state index in [-0.39, 0.29) is 18.4 Å². The van der Waals surface area contributed by atoms with Gasteiger partial charge in [0.1, 0.15) is 48.8 Å². The summed E-state index contributed by atoms with van der Waals surface area (Å²) in [6, 6.07) is 0. The van der Waals surface area contributed by atoms with Crippen molar-refractivity contribution in [1.29, 1.82) is 0 Å². The Kier molecular flexibility index (Phi) is 8.65. The van der Waals surface area contributed by atoms with Gasteiger partial charge in [0.15, 0.2) is 12.6 Å². The van der Waals surface area contributed by atoms with Crippen molar-refractivity contribution in [1.82, 2.24) is 0 Å². The molecule has 3 fully saturated rings. The molecule has 3 aliphatic heterocycles. The van der Waals surface area contributed by atoms with Crippen molar-refractivity contribution in [2.75, 3.05) is 19.8 Å². The number of ether oxygens (including phenoxy) is 5. The van der Waals surface area contributed by atoms with Gasteiger partial charge in [-0.25, -0.2) is 0 Å². The van der Waals surface area contributed by atoms with Crippen LogP contribution in [0.15, 0.2) is 12.3 Å². The number of hydrogen-bond acceptors (Lipinski definition) is 14. The second-order valence-corrected chi connectivity index (χ2v) is 9.41. The minimum Gasteiger partial charge on any atom is -0.472 e. The van der Waals surface area contributed by atoms with E-state index >= 15 is 0 Å². The zero-order valence-electron chi connectivity index (χ0n) is 18.7. The monoisotopic (exact) mass is 510 g/mol. The Hall–Kier alpha value is -0.980. The third kappa shape index (κ3) is 5.22. The van der Waals surface area contributed by atoms with Crippen molar-refractivity contribution in [3.63, 3.8) is 0 Å². The topological polar surface area (TPSA) is 228 Å². The minimum absolute atomic E-state index is 0.222. The second-order valence-electron chi connectivity index (χ2n) is 9.41. The van der Waals surface area contributed by atoms with Crippen molar-refractivity contribution in [3.05, 3.63) is 12.3 Å². The van der Waals surface area contributed by atoms with Crippen LogP contribution in [-0.4, -0.2) is 140 Å². The Labute approximate surface area is 200 Å². The Morgan fingerprint density at radius 1 is 0.714 bits per heavy atom. The van der Waals surface area contributed by atoms with Crippen LogP contribution in [0.3, 0.4) is 0 Å². The lowest BCUT2D eigenvalue weighted by Gasteiger charge is -2.44. The Bertz CT molecular complexity index is 722. The van der Waals surface area contributed by atoms with Crippen LogP contribution in [0.5, 0.6) is 0 Å². The molecule has 35 heavy (non-hydrogen) atoms. The third-order valence-electron chi connectivity index (χ3n) is 7.25. The summed E-state index contributed by atoms with van der Waals surface area (Å²) < 4.78 is 27.6. The van der Waals surface area contributed by atoms with Crippen molar-refractivity contribution < 1.29 is 69.6 Å². The van der Waals surface area contributed by atoms with Crippen LogP contribution >= 0.6 is 0 Å². The zero-order chi connectivity index (χ0) is 25.4. The molecule has 14 nitrogen and oxygen atoms in total. The van der Waals surface area contributed by atoms with Gasteiger partial charge in [0.25, 0.3) is 0 Å². The molecule has 2 saturated heterocycles. The maximum atomic E-state index is 10.4. The fourth-order valence-corrected chi connectivity index (χ4v) is 5.17. The molecule has 4 aliphatic rings.